The number of benzene rings is 2. The summed E-state index contributed by atoms with van der Waals surface area (Å²) < 4.78 is 64.8. The largest absolute Gasteiger partial charge is 0.453 e. The fraction of sp³-hybridized carbons (Fsp3) is 0.614. The number of rotatable bonds is 14. The Bertz CT molecular complexity index is 1980. The van der Waals surface area contributed by atoms with Crippen LogP contribution in [0.1, 0.15) is 69.4 Å². The molecule has 1 saturated carbocycles. The van der Waals surface area contributed by atoms with Crippen LogP contribution in [0.3, 0.4) is 0 Å². The Labute approximate surface area is 347 Å². The Hall–Kier alpha value is -4.08. The van der Waals surface area contributed by atoms with E-state index in [4.69, 9.17) is 4.74 Å². The molecule has 3 amide bonds. The lowest BCUT2D eigenvalue weighted by atomic mass is 9.58. The van der Waals surface area contributed by atoms with Gasteiger partial charge in [0.1, 0.15) is 5.82 Å². The quantitative estimate of drug-likeness (QED) is 0.257. The number of sulfone groups is 1. The number of halogens is 2. The van der Waals surface area contributed by atoms with E-state index in [0.29, 0.717) is 62.3 Å². The standard InChI is InChI=1S/C44H60F2N6O6S/c1-4-41(54)51-20-7-11-37(26-51)59(56,57)40-15-14-36(23-32(40)25-49-18-8-19-49)52-29-43(46,30-52)28-50-21-16-33(17-22-50)44(27-47-31(2)53,34-9-5-10-35(45)24-34)38-12-6-13-39(38)48-42(55)58-3/h4-5,9-10,14-15,23-24,33,37-39H,1,6-8,11-13,16-22,25-30H2,2-3H3,(H,47,53)(H,48,55)/t37-,38+,39+,44+/m1/s1. The lowest BCUT2D eigenvalue weighted by Crippen LogP contribution is -2.65. The summed E-state index contributed by atoms with van der Waals surface area (Å²) in [5.74, 6) is -0.883. The second kappa shape index (κ2) is 17.9. The fourth-order valence-corrected chi connectivity index (χ4v) is 12.7. The first-order valence-corrected chi connectivity index (χ1v) is 22.8. The van der Waals surface area contributed by atoms with E-state index in [1.165, 1.54) is 26.2 Å². The molecule has 4 aliphatic heterocycles. The molecule has 7 rings (SSSR count). The molecule has 2 aromatic rings. The molecule has 0 bridgehead atoms. The van der Waals surface area contributed by atoms with Crippen molar-refractivity contribution in [2.45, 2.75) is 92.1 Å². The number of hydrogen-bond donors (Lipinski definition) is 2. The SMILES string of the molecule is C=CC(=O)N1CCC[C@@H](S(=O)(=O)c2ccc(N3CC(F)(CN4CCC([C@@](CNC(C)=O)(c5cccc(F)c5)[C@H]5CCC[C@@H]5NC(=O)OC)CC4)C3)cc2CN2CCC2)C1. The van der Waals surface area contributed by atoms with Gasteiger partial charge in [0.25, 0.3) is 0 Å². The Morgan fingerprint density at radius 1 is 0.966 bits per heavy atom. The van der Waals surface area contributed by atoms with Crippen LogP contribution in [-0.2, 0) is 36.1 Å². The van der Waals surface area contributed by atoms with E-state index in [-0.39, 0.29) is 68.2 Å². The molecule has 15 heteroatoms. The van der Waals surface area contributed by atoms with Crippen molar-refractivity contribution < 1.29 is 36.3 Å². The summed E-state index contributed by atoms with van der Waals surface area (Å²) in [6, 6.07) is 11.8. The van der Waals surface area contributed by atoms with E-state index in [9.17, 15) is 27.2 Å². The van der Waals surface area contributed by atoms with Gasteiger partial charge in [-0.25, -0.2) is 22.0 Å². The first-order valence-electron chi connectivity index (χ1n) is 21.3. The molecule has 0 radical (unpaired) electrons. The maximum atomic E-state index is 16.6. The molecule has 5 fully saturated rings. The first kappa shape index (κ1) is 43.0. The summed E-state index contributed by atoms with van der Waals surface area (Å²) in [7, 11) is -2.41. The number of ether oxygens (including phenoxy) is 1. The predicted molar refractivity (Wildman–Crippen MR) is 222 cm³/mol. The molecule has 322 valence electrons. The van der Waals surface area contributed by atoms with Crippen molar-refractivity contribution in [1.29, 1.82) is 0 Å². The van der Waals surface area contributed by atoms with Crippen LogP contribution in [0.4, 0.5) is 19.3 Å². The Morgan fingerprint density at radius 2 is 1.73 bits per heavy atom. The zero-order valence-corrected chi connectivity index (χ0v) is 35.3. The van der Waals surface area contributed by atoms with Gasteiger partial charge < -0.3 is 25.2 Å². The molecule has 4 saturated heterocycles. The van der Waals surface area contributed by atoms with Gasteiger partial charge in [0.2, 0.25) is 11.8 Å². The van der Waals surface area contributed by atoms with Gasteiger partial charge in [-0.2, -0.15) is 0 Å². The van der Waals surface area contributed by atoms with E-state index in [1.54, 1.807) is 29.2 Å². The summed E-state index contributed by atoms with van der Waals surface area (Å²) in [5, 5.41) is 5.41. The van der Waals surface area contributed by atoms with Crippen molar-refractivity contribution in [2.75, 3.05) is 77.5 Å². The van der Waals surface area contributed by atoms with Crippen molar-refractivity contribution in [2.24, 2.45) is 11.8 Å². The Kier molecular flexibility index (Phi) is 13.0. The van der Waals surface area contributed by atoms with Gasteiger partial charge in [-0.15, -0.1) is 0 Å². The number of piperidine rings is 2. The van der Waals surface area contributed by atoms with Gasteiger partial charge in [0.15, 0.2) is 15.5 Å². The summed E-state index contributed by atoms with van der Waals surface area (Å²) in [5.41, 5.74) is 0.147. The normalized spacial score (nSPS) is 25.0. The third-order valence-electron chi connectivity index (χ3n) is 13.8. The smallest absolute Gasteiger partial charge is 0.407 e. The van der Waals surface area contributed by atoms with Crippen molar-refractivity contribution >= 4 is 33.4 Å². The molecule has 4 heterocycles. The van der Waals surface area contributed by atoms with Gasteiger partial charge in [-0.3, -0.25) is 19.4 Å². The summed E-state index contributed by atoms with van der Waals surface area (Å²) in [6.45, 7) is 10.1. The van der Waals surface area contributed by atoms with Gasteiger partial charge in [-0.05, 0) is 130 Å². The fourth-order valence-electron chi connectivity index (χ4n) is 10.7. The molecule has 0 aromatic heterocycles. The summed E-state index contributed by atoms with van der Waals surface area (Å²) in [6.07, 6.45) is 6.66. The molecule has 1 aliphatic carbocycles. The summed E-state index contributed by atoms with van der Waals surface area (Å²) >= 11 is 0. The number of carbonyl (C=O) groups excluding carboxylic acids is 3. The maximum absolute atomic E-state index is 16.6. The number of alkyl carbamates (subject to hydrolysis) is 1. The molecule has 4 atom stereocenters. The van der Waals surface area contributed by atoms with Crippen LogP contribution in [0.5, 0.6) is 0 Å². The van der Waals surface area contributed by atoms with Crippen LogP contribution < -0.4 is 15.5 Å². The number of amides is 3. The molecule has 59 heavy (non-hydrogen) atoms. The zero-order valence-electron chi connectivity index (χ0n) is 34.5. The van der Waals surface area contributed by atoms with Crippen LogP contribution in [-0.4, -0.2) is 131 Å². The number of nitrogens with one attached hydrogen (secondary N) is 2. The van der Waals surface area contributed by atoms with Gasteiger partial charge >= 0.3 is 6.09 Å². The number of carbonyl (C=O) groups is 3. The summed E-state index contributed by atoms with van der Waals surface area (Å²) in [4.78, 5) is 45.5. The molecule has 2 N–H and O–H groups in total. The average Bonchev–Trinajstić information content (AvgIpc) is 3.66. The molecule has 2 aromatic carbocycles. The molecular formula is C44H60F2N6O6S. The van der Waals surface area contributed by atoms with Gasteiger partial charge in [0.05, 0.1) is 30.3 Å². The Morgan fingerprint density at radius 3 is 2.39 bits per heavy atom. The van der Waals surface area contributed by atoms with Crippen molar-refractivity contribution in [3.8, 4) is 0 Å². The molecule has 5 aliphatic rings. The lowest BCUT2D eigenvalue weighted by molar-refractivity contribution is -0.126. The Balaban J connectivity index is 1.05. The van der Waals surface area contributed by atoms with Crippen molar-refractivity contribution in [3.05, 3.63) is 72.1 Å². The second-order valence-electron chi connectivity index (χ2n) is 17.5. The van der Waals surface area contributed by atoms with Crippen LogP contribution in [0.25, 0.3) is 0 Å². The van der Waals surface area contributed by atoms with E-state index in [0.717, 1.165) is 50.0 Å². The van der Waals surface area contributed by atoms with E-state index < -0.39 is 32.3 Å². The monoisotopic (exact) mass is 838 g/mol. The lowest BCUT2D eigenvalue weighted by Gasteiger charge is -2.52. The van der Waals surface area contributed by atoms with Gasteiger partial charge in [0, 0.05) is 56.8 Å². The number of nitrogens with zero attached hydrogens (tertiary/aromatic N) is 4. The zero-order chi connectivity index (χ0) is 42.0. The van der Waals surface area contributed by atoms with Crippen molar-refractivity contribution in [3.63, 3.8) is 0 Å². The minimum atomic E-state index is -3.75. The maximum Gasteiger partial charge on any atom is 0.407 e. The van der Waals surface area contributed by atoms with Crippen LogP contribution in [0.2, 0.25) is 0 Å². The minimum Gasteiger partial charge on any atom is -0.453 e. The minimum absolute atomic E-state index is 0.0182. The third-order valence-corrected chi connectivity index (χ3v) is 16.1. The number of alkyl halides is 1. The number of anilines is 1. The van der Waals surface area contributed by atoms with Crippen LogP contribution >= 0.6 is 0 Å². The molecular weight excluding hydrogens is 779 g/mol. The number of methoxy groups -OCH3 is 1. The highest BCUT2D eigenvalue weighted by Gasteiger charge is 2.53. The first-order chi connectivity index (χ1) is 28.2. The van der Waals surface area contributed by atoms with Gasteiger partial charge in [-0.1, -0.05) is 25.1 Å². The average molecular weight is 839 g/mol. The van der Waals surface area contributed by atoms with Crippen LogP contribution in [0.15, 0.2) is 60.0 Å². The topological polar surface area (TPSA) is 132 Å². The highest BCUT2D eigenvalue weighted by molar-refractivity contribution is 7.92. The molecule has 0 unspecified atom stereocenters. The van der Waals surface area contributed by atoms with E-state index in [1.807, 2.05) is 17.0 Å². The van der Waals surface area contributed by atoms with E-state index >= 15 is 4.39 Å². The number of likely N-dealkylation sites (tertiary alicyclic amines) is 3. The molecule has 12 nitrogen and oxygen atoms in total. The predicted octanol–water partition coefficient (Wildman–Crippen LogP) is 4.82. The van der Waals surface area contributed by atoms with Crippen molar-refractivity contribution in [1.82, 2.24) is 25.3 Å². The highest BCUT2D eigenvalue weighted by Crippen LogP contribution is 2.50. The third kappa shape index (κ3) is 9.17. The number of hydrogen-bond acceptors (Lipinski definition) is 9. The van der Waals surface area contributed by atoms with E-state index in [2.05, 4.69) is 27.0 Å². The highest BCUT2D eigenvalue weighted by atomic mass is 32.2. The second-order valence-corrected chi connectivity index (χ2v) is 19.7. The molecule has 0 spiro atoms. The van der Waals surface area contributed by atoms with Crippen LogP contribution in [0, 0.1) is 17.7 Å².